The molecule has 0 aliphatic carbocycles. The van der Waals surface area contributed by atoms with E-state index in [-0.39, 0.29) is 22.4 Å². The van der Waals surface area contributed by atoms with Crippen LogP contribution in [0.25, 0.3) is 22.1 Å². The minimum atomic E-state index is -2.80. The van der Waals surface area contributed by atoms with E-state index < -0.39 is 18.2 Å². The number of hydrogen-bond donors (Lipinski definition) is 1. The van der Waals surface area contributed by atoms with Gasteiger partial charge in [-0.1, -0.05) is 16.8 Å². The molecule has 0 saturated carbocycles. The average Bonchev–Trinajstić information content (AvgIpc) is 3.15. The molecular weight excluding hydrogens is 421 g/mol. The lowest BCUT2D eigenvalue weighted by Crippen LogP contribution is -2.01. The van der Waals surface area contributed by atoms with E-state index in [9.17, 15) is 0 Å². The Kier molecular flexibility index (Phi) is 3.82. The summed E-state index contributed by atoms with van der Waals surface area (Å²) in [6, 6.07) is 10.9. The van der Waals surface area contributed by atoms with Crippen molar-refractivity contribution >= 4 is 45.2 Å². The Balaban J connectivity index is 1.55. The van der Waals surface area contributed by atoms with Crippen LogP contribution in [0.4, 0.5) is 15.9 Å². The van der Waals surface area contributed by atoms with Crippen LogP contribution < -0.4 is 10.1 Å². The molecule has 0 fully saturated rings. The third-order valence-electron chi connectivity index (χ3n) is 4.61. The highest BCUT2D eigenvalue weighted by Crippen LogP contribution is 2.33. The fourth-order valence-electron chi connectivity index (χ4n) is 3.09. The average molecular weight is 439 g/mol. The Labute approximate surface area is 184 Å². The third-order valence-corrected chi connectivity index (χ3v) is 4.83. The van der Waals surface area contributed by atoms with Crippen LogP contribution in [0, 0.1) is 12.7 Å². The molecule has 0 aliphatic rings. The highest BCUT2D eigenvalue weighted by molar-refractivity contribution is 6.29. The van der Waals surface area contributed by atoms with Gasteiger partial charge in [0.1, 0.15) is 34.0 Å². The maximum Gasteiger partial charge on any atom is 0.160 e. The van der Waals surface area contributed by atoms with Gasteiger partial charge in [0.2, 0.25) is 0 Å². The van der Waals surface area contributed by atoms with E-state index in [1.165, 1.54) is 18.5 Å². The number of fused-ring (bicyclic) bond motifs is 2. The first-order valence-corrected chi connectivity index (χ1v) is 9.43. The molecule has 5 aromatic rings. The predicted molar refractivity (Wildman–Crippen MR) is 115 cm³/mol. The number of halogens is 2. The number of ether oxygens (including phenoxy) is 1. The Bertz CT molecular complexity index is 1560. The Morgan fingerprint density at radius 1 is 1.13 bits per heavy atom. The van der Waals surface area contributed by atoms with Crippen LogP contribution in [0.1, 0.15) is 9.68 Å². The lowest BCUT2D eigenvalue weighted by atomic mass is 10.1. The molecule has 8 nitrogen and oxygen atoms in total. The summed E-state index contributed by atoms with van der Waals surface area (Å²) < 4.78 is 46.6. The molecule has 0 aliphatic heterocycles. The molecule has 1 N–H and O–H groups in total. The first-order valence-electron chi connectivity index (χ1n) is 10.6. The summed E-state index contributed by atoms with van der Waals surface area (Å²) in [5, 5.41) is 10.9. The van der Waals surface area contributed by atoms with Crippen molar-refractivity contribution in [2.75, 3.05) is 5.32 Å². The smallest absolute Gasteiger partial charge is 0.160 e. The molecule has 0 atom stereocenters. The van der Waals surface area contributed by atoms with Gasteiger partial charge in [0, 0.05) is 22.8 Å². The van der Waals surface area contributed by atoms with E-state index in [4.69, 9.17) is 20.5 Å². The number of pyridine rings is 1. The zero-order valence-electron chi connectivity index (χ0n) is 19.0. The van der Waals surface area contributed by atoms with Crippen molar-refractivity contribution in [3.05, 3.63) is 65.3 Å². The number of rotatable bonds is 4. The van der Waals surface area contributed by atoms with Crippen LogP contribution in [0.3, 0.4) is 0 Å². The third kappa shape index (κ3) is 3.49. The van der Waals surface area contributed by atoms with Crippen LogP contribution in [0.15, 0.2) is 48.8 Å². The monoisotopic (exact) mass is 438 g/mol. The second-order valence-electron chi connectivity index (χ2n) is 6.61. The normalized spacial score (nSPS) is 13.1. The number of nitrogens with zero attached hydrogens (tertiary/aromatic N) is 6. The zero-order valence-corrected chi connectivity index (χ0v) is 16.7. The summed E-state index contributed by atoms with van der Waals surface area (Å²) in [7, 11) is 1.74. The molecule has 3 aromatic heterocycles. The van der Waals surface area contributed by atoms with E-state index in [0.29, 0.717) is 22.3 Å². The van der Waals surface area contributed by atoms with Crippen molar-refractivity contribution in [1.82, 2.24) is 29.9 Å². The molecule has 31 heavy (non-hydrogen) atoms. The van der Waals surface area contributed by atoms with Gasteiger partial charge >= 0.3 is 0 Å². The largest absolute Gasteiger partial charge is 0.457 e. The fraction of sp³-hybridized carbons (Fsp3) is 0.0952. The molecule has 5 rings (SSSR count). The van der Waals surface area contributed by atoms with Gasteiger partial charge in [-0.3, -0.25) is 0 Å². The molecular formula is C21H15ClFN7O. The van der Waals surface area contributed by atoms with Crippen molar-refractivity contribution in [3.63, 3.8) is 0 Å². The predicted octanol–water partition coefficient (Wildman–Crippen LogP) is 4.94. The summed E-state index contributed by atoms with van der Waals surface area (Å²) in [6.07, 6.45) is 1.28. The minimum absolute atomic E-state index is 0.121. The first kappa shape index (κ1) is 15.9. The topological polar surface area (TPSA) is 90.6 Å². The van der Waals surface area contributed by atoms with E-state index in [2.05, 4.69) is 30.6 Å². The number of aromatic nitrogens is 6. The fourth-order valence-corrected chi connectivity index (χ4v) is 3.23. The molecule has 0 spiro atoms. The highest BCUT2D eigenvalue weighted by Gasteiger charge is 2.15. The highest BCUT2D eigenvalue weighted by atomic mass is 35.5. The Hall–Kier alpha value is -3.85. The summed E-state index contributed by atoms with van der Waals surface area (Å²) in [5.41, 5.74) is 1.40. The van der Waals surface area contributed by atoms with Crippen LogP contribution in [0.5, 0.6) is 11.5 Å². The molecule has 2 aromatic carbocycles. The Morgan fingerprint density at radius 2 is 2.03 bits per heavy atom. The van der Waals surface area contributed by atoms with Crippen LogP contribution in [-0.4, -0.2) is 29.9 Å². The van der Waals surface area contributed by atoms with Crippen molar-refractivity contribution in [2.24, 2.45) is 7.05 Å². The summed E-state index contributed by atoms with van der Waals surface area (Å²) in [4.78, 5) is 12.4. The van der Waals surface area contributed by atoms with Gasteiger partial charge in [0.05, 0.1) is 16.7 Å². The summed E-state index contributed by atoms with van der Waals surface area (Å²) in [5.74, 6) is -0.698. The van der Waals surface area contributed by atoms with E-state index in [1.807, 2.05) is 0 Å². The second kappa shape index (κ2) is 7.44. The second-order valence-corrected chi connectivity index (χ2v) is 7.00. The maximum absolute atomic E-state index is 15.5. The van der Waals surface area contributed by atoms with Crippen molar-refractivity contribution in [2.45, 2.75) is 6.85 Å². The molecule has 0 radical (unpaired) electrons. The number of benzene rings is 2. The molecule has 3 heterocycles. The van der Waals surface area contributed by atoms with Gasteiger partial charge in [-0.05, 0) is 43.3 Å². The van der Waals surface area contributed by atoms with Crippen LogP contribution >= 0.6 is 11.6 Å². The van der Waals surface area contributed by atoms with Gasteiger partial charge in [-0.2, -0.15) is 0 Å². The Morgan fingerprint density at radius 3 is 2.90 bits per heavy atom. The summed E-state index contributed by atoms with van der Waals surface area (Å²) in [6.45, 7) is -2.80. The number of anilines is 2. The molecule has 0 saturated heterocycles. The van der Waals surface area contributed by atoms with Gasteiger partial charge in [-0.15, -0.1) is 5.10 Å². The van der Waals surface area contributed by atoms with Gasteiger partial charge in [-0.25, -0.2) is 24.0 Å². The molecule has 154 valence electrons. The van der Waals surface area contributed by atoms with E-state index in [0.717, 1.165) is 5.52 Å². The molecule has 0 amide bonds. The maximum atomic E-state index is 15.5. The van der Waals surface area contributed by atoms with E-state index in [1.54, 1.807) is 42.1 Å². The van der Waals surface area contributed by atoms with Crippen molar-refractivity contribution in [1.29, 1.82) is 0 Å². The number of nitrogens with one attached hydrogen (secondary N) is 1. The van der Waals surface area contributed by atoms with Gasteiger partial charge < -0.3 is 10.1 Å². The van der Waals surface area contributed by atoms with Crippen LogP contribution in [0.2, 0.25) is 5.15 Å². The minimum Gasteiger partial charge on any atom is -0.457 e. The van der Waals surface area contributed by atoms with Crippen molar-refractivity contribution < 1.29 is 13.2 Å². The molecule has 0 unspecified atom stereocenters. The standard InChI is InChI=1S/C21H15ClFN7O/c1-11-17(31-12-3-6-16-15(9-12)28-29-30(16)2)7-4-13(19(11)23)26-21-20-14(24-10-25-21)5-8-18(22)27-20/h3-10H,1-2H3,(H,24,25,26)/i1D3. The number of hydrogen-bond acceptors (Lipinski definition) is 7. The number of aryl methyl sites for hydroxylation is 1. The molecule has 10 heteroatoms. The van der Waals surface area contributed by atoms with Gasteiger partial charge in [0.25, 0.3) is 0 Å². The SMILES string of the molecule is [2H]C([2H])([2H])c1c(Oc2ccc3c(c2)nnn3C)ccc(Nc2ncnc3ccc(Cl)nc23)c1F. The summed E-state index contributed by atoms with van der Waals surface area (Å²) >= 11 is 5.98. The molecule has 0 bridgehead atoms. The quantitative estimate of drug-likeness (QED) is 0.397. The lowest BCUT2D eigenvalue weighted by Gasteiger charge is -2.14. The van der Waals surface area contributed by atoms with Crippen LogP contribution in [-0.2, 0) is 7.05 Å². The van der Waals surface area contributed by atoms with Gasteiger partial charge in [0.15, 0.2) is 11.6 Å². The lowest BCUT2D eigenvalue weighted by molar-refractivity contribution is 0.472. The first-order chi connectivity index (χ1) is 16.2. The van der Waals surface area contributed by atoms with E-state index >= 15 is 4.39 Å². The van der Waals surface area contributed by atoms with Crippen molar-refractivity contribution in [3.8, 4) is 11.5 Å². The zero-order chi connectivity index (χ0) is 24.0.